The van der Waals surface area contributed by atoms with Crippen molar-refractivity contribution < 1.29 is 0 Å². The van der Waals surface area contributed by atoms with E-state index in [2.05, 4.69) is 43.6 Å². The minimum Gasteiger partial charge on any atom is -0.0888 e. The lowest BCUT2D eigenvalue weighted by molar-refractivity contribution is 0.142. The molecule has 0 aromatic heterocycles. The lowest BCUT2D eigenvalue weighted by Crippen LogP contribution is -2.32. The smallest absolute Gasteiger partial charge is 0.0174 e. The zero-order chi connectivity index (χ0) is 11.5. The fourth-order valence-corrected chi connectivity index (χ4v) is 3.52. The molecular weight excluding hydrogens is 248 g/mol. The summed E-state index contributed by atoms with van der Waals surface area (Å²) in [6.45, 7) is 9.52. The van der Waals surface area contributed by atoms with Gasteiger partial charge in [-0.1, -0.05) is 56.5 Å². The van der Waals surface area contributed by atoms with Gasteiger partial charge in [-0.2, -0.15) is 0 Å². The molecule has 0 aromatic rings. The maximum absolute atomic E-state index is 3.88. The average Bonchev–Trinajstić information content (AvgIpc) is 2.15. The maximum Gasteiger partial charge on any atom is 0.0174 e. The van der Waals surface area contributed by atoms with Crippen LogP contribution in [-0.4, -0.2) is 4.83 Å². The van der Waals surface area contributed by atoms with Crippen LogP contribution < -0.4 is 0 Å². The number of rotatable bonds is 3. The van der Waals surface area contributed by atoms with Crippen molar-refractivity contribution >= 4 is 15.9 Å². The van der Waals surface area contributed by atoms with E-state index in [9.17, 15) is 0 Å². The summed E-state index contributed by atoms with van der Waals surface area (Å²) in [4.78, 5) is 0.794. The summed E-state index contributed by atoms with van der Waals surface area (Å²) < 4.78 is 0. The largest absolute Gasteiger partial charge is 0.0888 e. The van der Waals surface area contributed by atoms with Gasteiger partial charge >= 0.3 is 0 Å². The third-order valence-corrected chi connectivity index (χ3v) is 5.25. The Kier molecular flexibility index (Phi) is 5.15. The Morgan fingerprint density at radius 3 is 2.40 bits per heavy atom. The topological polar surface area (TPSA) is 0 Å². The summed E-state index contributed by atoms with van der Waals surface area (Å²) in [5, 5.41) is 0. The highest BCUT2D eigenvalue weighted by Crippen LogP contribution is 2.43. The molecule has 0 bridgehead atoms. The highest BCUT2D eigenvalue weighted by molar-refractivity contribution is 9.09. The molecule has 1 saturated carbocycles. The molecule has 0 saturated heterocycles. The fraction of sp³-hybridized carbons (Fsp3) is 1.00. The van der Waals surface area contributed by atoms with Crippen molar-refractivity contribution in [2.45, 2.75) is 71.0 Å². The van der Waals surface area contributed by atoms with Gasteiger partial charge in [-0.25, -0.2) is 0 Å². The number of hydrogen-bond donors (Lipinski definition) is 0. The van der Waals surface area contributed by atoms with Crippen LogP contribution in [0.25, 0.3) is 0 Å². The Morgan fingerprint density at radius 2 is 1.87 bits per heavy atom. The molecule has 0 aliphatic heterocycles. The molecule has 3 atom stereocenters. The second kappa shape index (κ2) is 5.70. The van der Waals surface area contributed by atoms with Gasteiger partial charge in [-0.15, -0.1) is 0 Å². The predicted octanol–water partition coefficient (Wildman–Crippen LogP) is 5.40. The van der Waals surface area contributed by atoms with E-state index < -0.39 is 0 Å². The molecule has 0 heterocycles. The van der Waals surface area contributed by atoms with Crippen molar-refractivity contribution in [3.05, 3.63) is 0 Å². The molecule has 0 N–H and O–H groups in total. The summed E-state index contributed by atoms with van der Waals surface area (Å²) >= 11 is 3.88. The minimum absolute atomic E-state index is 0.512. The lowest BCUT2D eigenvalue weighted by Gasteiger charge is -2.40. The van der Waals surface area contributed by atoms with E-state index in [1.807, 2.05) is 0 Å². The first-order valence-electron chi connectivity index (χ1n) is 6.59. The van der Waals surface area contributed by atoms with Crippen LogP contribution in [0.5, 0.6) is 0 Å². The van der Waals surface area contributed by atoms with E-state index in [0.717, 1.165) is 16.7 Å². The van der Waals surface area contributed by atoms with Gasteiger partial charge in [0.15, 0.2) is 0 Å². The third kappa shape index (κ3) is 4.09. The van der Waals surface area contributed by atoms with Crippen molar-refractivity contribution in [1.29, 1.82) is 0 Å². The van der Waals surface area contributed by atoms with Gasteiger partial charge in [0, 0.05) is 4.83 Å². The summed E-state index contributed by atoms with van der Waals surface area (Å²) in [5.74, 6) is 1.87. The second-order valence-electron chi connectivity index (χ2n) is 6.29. The van der Waals surface area contributed by atoms with Crippen LogP contribution in [0, 0.1) is 17.3 Å². The van der Waals surface area contributed by atoms with Crippen LogP contribution in [-0.2, 0) is 0 Å². The SMILES string of the molecule is CCCCC1CC(C(C)(C)C)CCC1Br. The van der Waals surface area contributed by atoms with Gasteiger partial charge in [0.05, 0.1) is 0 Å². The summed E-state index contributed by atoms with van der Waals surface area (Å²) in [5.41, 5.74) is 0.512. The summed E-state index contributed by atoms with van der Waals surface area (Å²) in [6, 6.07) is 0. The number of hydrogen-bond acceptors (Lipinski definition) is 0. The Balaban J connectivity index is 2.48. The summed E-state index contributed by atoms with van der Waals surface area (Å²) in [7, 11) is 0. The molecule has 1 rings (SSSR count). The molecule has 15 heavy (non-hydrogen) atoms. The van der Waals surface area contributed by atoms with Crippen molar-refractivity contribution in [2.24, 2.45) is 17.3 Å². The Hall–Kier alpha value is 0.480. The molecule has 0 amide bonds. The summed E-state index contributed by atoms with van der Waals surface area (Å²) in [6.07, 6.45) is 8.43. The first-order valence-corrected chi connectivity index (χ1v) is 7.50. The first-order chi connectivity index (χ1) is 6.95. The number of alkyl halides is 1. The van der Waals surface area contributed by atoms with Gasteiger partial charge in [0.2, 0.25) is 0 Å². The molecule has 90 valence electrons. The predicted molar refractivity (Wildman–Crippen MR) is 72.5 cm³/mol. The van der Waals surface area contributed by atoms with E-state index in [1.54, 1.807) is 0 Å². The van der Waals surface area contributed by atoms with Gasteiger partial charge in [0.1, 0.15) is 0 Å². The molecular formula is C14H27Br. The highest BCUT2D eigenvalue weighted by Gasteiger charge is 2.34. The Bertz CT molecular complexity index is 180. The normalized spacial score (nSPS) is 33.0. The average molecular weight is 275 g/mol. The quantitative estimate of drug-likeness (QED) is 0.605. The second-order valence-corrected chi connectivity index (χ2v) is 7.47. The van der Waals surface area contributed by atoms with Crippen molar-refractivity contribution in [2.75, 3.05) is 0 Å². The fourth-order valence-electron chi connectivity index (χ4n) is 2.78. The van der Waals surface area contributed by atoms with Crippen molar-refractivity contribution in [3.63, 3.8) is 0 Å². The lowest BCUT2D eigenvalue weighted by atomic mass is 9.68. The Morgan fingerprint density at radius 1 is 1.20 bits per heavy atom. The molecule has 0 aromatic carbocycles. The van der Waals surface area contributed by atoms with Crippen LogP contribution >= 0.6 is 15.9 Å². The van der Waals surface area contributed by atoms with Crippen LogP contribution in [0.15, 0.2) is 0 Å². The Labute approximate surface area is 104 Å². The van der Waals surface area contributed by atoms with E-state index in [4.69, 9.17) is 0 Å². The van der Waals surface area contributed by atoms with Gasteiger partial charge in [0.25, 0.3) is 0 Å². The zero-order valence-electron chi connectivity index (χ0n) is 10.9. The maximum atomic E-state index is 3.88. The molecule has 0 nitrogen and oxygen atoms in total. The van der Waals surface area contributed by atoms with Crippen LogP contribution in [0.1, 0.15) is 66.2 Å². The molecule has 1 aliphatic rings. The van der Waals surface area contributed by atoms with Crippen molar-refractivity contribution in [1.82, 2.24) is 0 Å². The van der Waals surface area contributed by atoms with Crippen molar-refractivity contribution in [3.8, 4) is 0 Å². The molecule has 3 unspecified atom stereocenters. The highest BCUT2D eigenvalue weighted by atomic mass is 79.9. The monoisotopic (exact) mass is 274 g/mol. The minimum atomic E-state index is 0.512. The van der Waals surface area contributed by atoms with Gasteiger partial charge in [-0.3, -0.25) is 0 Å². The van der Waals surface area contributed by atoms with E-state index in [1.165, 1.54) is 38.5 Å². The van der Waals surface area contributed by atoms with Crippen LogP contribution in [0.3, 0.4) is 0 Å². The standard InChI is InChI=1S/C14H27Br/c1-5-6-7-11-10-12(14(2,3)4)8-9-13(11)15/h11-13H,5-10H2,1-4H3. The van der Waals surface area contributed by atoms with E-state index in [0.29, 0.717) is 5.41 Å². The van der Waals surface area contributed by atoms with Gasteiger partial charge in [-0.05, 0) is 42.9 Å². The van der Waals surface area contributed by atoms with E-state index in [-0.39, 0.29) is 0 Å². The molecule has 0 radical (unpaired) electrons. The molecule has 1 aliphatic carbocycles. The molecule has 1 heteroatoms. The number of halogens is 1. The van der Waals surface area contributed by atoms with E-state index >= 15 is 0 Å². The molecule has 0 spiro atoms. The van der Waals surface area contributed by atoms with Gasteiger partial charge < -0.3 is 0 Å². The molecule has 1 fully saturated rings. The van der Waals surface area contributed by atoms with Crippen LogP contribution in [0.4, 0.5) is 0 Å². The first kappa shape index (κ1) is 13.5. The van der Waals surface area contributed by atoms with Crippen LogP contribution in [0.2, 0.25) is 0 Å². The number of unbranched alkanes of at least 4 members (excludes halogenated alkanes) is 1. The zero-order valence-corrected chi connectivity index (χ0v) is 12.4. The third-order valence-electron chi connectivity index (χ3n) is 4.04.